The molecule has 1 rings (SSSR count). The molecule has 0 fully saturated rings. The molecule has 25 heavy (non-hydrogen) atoms. The van der Waals surface area contributed by atoms with Crippen LogP contribution in [0.2, 0.25) is 0 Å². The molecule has 1 aromatic rings. The number of carbonyl (C=O) groups is 1. The summed E-state index contributed by atoms with van der Waals surface area (Å²) in [7, 11) is 0. The van der Waals surface area contributed by atoms with Gasteiger partial charge in [-0.1, -0.05) is 70.4 Å². The van der Waals surface area contributed by atoms with Gasteiger partial charge in [-0.05, 0) is 24.8 Å². The molecule has 0 unspecified atom stereocenters. The predicted molar refractivity (Wildman–Crippen MR) is 96.8 cm³/mol. The average molecular weight is 522 g/mol. The van der Waals surface area contributed by atoms with Crippen molar-refractivity contribution in [2.24, 2.45) is 0 Å². The Bertz CT molecular complexity index is 314. The van der Waals surface area contributed by atoms with Gasteiger partial charge in [0, 0.05) is 45.7 Å². The first-order valence-corrected chi connectivity index (χ1v) is 8.64. The Balaban J connectivity index is -0.000000122. The van der Waals surface area contributed by atoms with Crippen LogP contribution >= 0.6 is 0 Å². The normalized spacial score (nSPS) is 8.24. The molecule has 0 heterocycles. The van der Waals surface area contributed by atoms with Crippen LogP contribution in [0, 0.1) is 0 Å². The molecule has 0 aliphatic carbocycles. The number of aromatic carboxylic acids is 1. The van der Waals surface area contributed by atoms with E-state index in [1.165, 1.54) is 12.1 Å². The van der Waals surface area contributed by atoms with E-state index < -0.39 is 5.97 Å². The molecule has 6 heteroatoms. The van der Waals surface area contributed by atoms with E-state index in [0.29, 0.717) is 19.8 Å². The molecule has 0 aliphatic heterocycles. The van der Waals surface area contributed by atoms with Crippen molar-refractivity contribution in [1.82, 2.24) is 0 Å². The average Bonchev–Trinajstić information content (AvgIpc) is 2.59. The van der Waals surface area contributed by atoms with Crippen LogP contribution in [0.15, 0.2) is 30.3 Å². The first-order chi connectivity index (χ1) is 11.5. The SMILES string of the molecule is CCCCO.CCCCO.CCCCO.O=C([O-])c1ccccc1.[Hf]. The zero-order valence-electron chi connectivity index (χ0n) is 15.9. The molecular formula is C19H35HfO5-. The fraction of sp³-hybridized carbons (Fsp3) is 0.632. The van der Waals surface area contributed by atoms with Gasteiger partial charge >= 0.3 is 0 Å². The summed E-state index contributed by atoms with van der Waals surface area (Å²) in [5.41, 5.74) is 0.220. The maximum Gasteiger partial charge on any atom is 0.0715 e. The van der Waals surface area contributed by atoms with Gasteiger partial charge in [0.25, 0.3) is 0 Å². The van der Waals surface area contributed by atoms with Gasteiger partial charge in [-0.3, -0.25) is 0 Å². The topological polar surface area (TPSA) is 101 Å². The summed E-state index contributed by atoms with van der Waals surface area (Å²) in [5, 5.41) is 34.3. The summed E-state index contributed by atoms with van der Waals surface area (Å²) in [6.07, 6.45) is 6.11. The Morgan fingerprint density at radius 2 is 1.12 bits per heavy atom. The Morgan fingerprint density at radius 1 is 0.800 bits per heavy atom. The first kappa shape index (κ1) is 32.1. The summed E-state index contributed by atoms with van der Waals surface area (Å²) in [5.74, 6) is -1.13. The zero-order chi connectivity index (χ0) is 19.1. The standard InChI is InChI=1S/C7H6O2.3C4H10O.Hf/c8-7(9)6-4-2-1-3-5-6;3*1-2-3-4-5;/h1-5H,(H,8,9);3*5H,2-4H2,1H3;/p-1. The van der Waals surface area contributed by atoms with Crippen LogP contribution < -0.4 is 5.11 Å². The maximum absolute atomic E-state index is 10.1. The van der Waals surface area contributed by atoms with Gasteiger partial charge in [0.1, 0.15) is 0 Å². The smallest absolute Gasteiger partial charge is 0.0715 e. The van der Waals surface area contributed by atoms with E-state index in [1.54, 1.807) is 18.2 Å². The minimum atomic E-state index is -1.13. The zero-order valence-corrected chi connectivity index (χ0v) is 19.5. The van der Waals surface area contributed by atoms with E-state index in [9.17, 15) is 9.90 Å². The Kier molecular flexibility index (Phi) is 40.2. The molecule has 3 N–H and O–H groups in total. The van der Waals surface area contributed by atoms with Gasteiger partial charge in [-0.15, -0.1) is 0 Å². The monoisotopic (exact) mass is 523 g/mol. The number of carboxylic acid groups (broad SMARTS) is 1. The Labute approximate surface area is 171 Å². The molecule has 0 aliphatic rings. The number of carboxylic acids is 1. The summed E-state index contributed by atoms with van der Waals surface area (Å²) in [6, 6.07) is 8.06. The summed E-state index contributed by atoms with van der Waals surface area (Å²) in [4.78, 5) is 10.1. The number of aliphatic hydroxyl groups excluding tert-OH is 3. The van der Waals surface area contributed by atoms with Crippen LogP contribution in [0.1, 0.15) is 69.7 Å². The molecule has 146 valence electrons. The van der Waals surface area contributed by atoms with Crippen LogP contribution in [-0.2, 0) is 25.8 Å². The molecule has 0 amide bonds. The minimum Gasteiger partial charge on any atom is -0.545 e. The van der Waals surface area contributed by atoms with E-state index in [0.717, 1.165) is 38.5 Å². The van der Waals surface area contributed by atoms with Crippen molar-refractivity contribution in [3.05, 3.63) is 35.9 Å². The largest absolute Gasteiger partial charge is 0.545 e. The molecular weight excluding hydrogens is 487 g/mol. The van der Waals surface area contributed by atoms with Crippen molar-refractivity contribution in [3.63, 3.8) is 0 Å². The van der Waals surface area contributed by atoms with E-state index in [2.05, 4.69) is 20.8 Å². The van der Waals surface area contributed by atoms with Gasteiger partial charge in [-0.2, -0.15) is 0 Å². The van der Waals surface area contributed by atoms with E-state index in [1.807, 2.05) is 0 Å². The van der Waals surface area contributed by atoms with Gasteiger partial charge in [0.15, 0.2) is 0 Å². The second kappa shape index (κ2) is 31.2. The number of carbonyl (C=O) groups excluding carboxylic acids is 1. The molecule has 1 aromatic carbocycles. The van der Waals surface area contributed by atoms with Crippen LogP contribution in [-0.4, -0.2) is 41.1 Å². The molecule has 0 aromatic heterocycles. The summed E-state index contributed by atoms with van der Waals surface area (Å²) < 4.78 is 0. The third-order valence-electron chi connectivity index (χ3n) is 2.54. The van der Waals surface area contributed by atoms with E-state index in [4.69, 9.17) is 15.3 Å². The first-order valence-electron chi connectivity index (χ1n) is 8.64. The molecule has 0 saturated heterocycles. The Hall–Kier alpha value is -0.560. The van der Waals surface area contributed by atoms with Gasteiger partial charge < -0.3 is 25.2 Å². The molecule has 0 bridgehead atoms. The number of hydrogen-bond acceptors (Lipinski definition) is 5. The van der Waals surface area contributed by atoms with E-state index in [-0.39, 0.29) is 31.4 Å². The molecule has 0 spiro atoms. The van der Waals surface area contributed by atoms with Gasteiger partial charge in [0.05, 0.1) is 5.97 Å². The number of rotatable bonds is 7. The second-order valence-corrected chi connectivity index (χ2v) is 4.88. The van der Waals surface area contributed by atoms with Crippen LogP contribution in [0.3, 0.4) is 0 Å². The molecule has 5 nitrogen and oxygen atoms in total. The van der Waals surface area contributed by atoms with Crippen molar-refractivity contribution >= 4 is 5.97 Å². The van der Waals surface area contributed by atoms with E-state index >= 15 is 0 Å². The summed E-state index contributed by atoms with van der Waals surface area (Å²) in [6.45, 7) is 7.19. The summed E-state index contributed by atoms with van der Waals surface area (Å²) >= 11 is 0. The fourth-order valence-electron chi connectivity index (χ4n) is 1.05. The van der Waals surface area contributed by atoms with Crippen molar-refractivity contribution in [3.8, 4) is 0 Å². The third-order valence-corrected chi connectivity index (χ3v) is 2.54. The van der Waals surface area contributed by atoms with Crippen LogP contribution in [0.4, 0.5) is 0 Å². The van der Waals surface area contributed by atoms with Crippen LogP contribution in [0.5, 0.6) is 0 Å². The van der Waals surface area contributed by atoms with Gasteiger partial charge in [0.2, 0.25) is 0 Å². The molecule has 0 radical (unpaired) electrons. The van der Waals surface area contributed by atoms with Crippen molar-refractivity contribution in [2.75, 3.05) is 19.8 Å². The number of benzene rings is 1. The fourth-order valence-corrected chi connectivity index (χ4v) is 1.05. The molecule has 0 atom stereocenters. The number of hydrogen-bond donors (Lipinski definition) is 3. The third kappa shape index (κ3) is 35.4. The predicted octanol–water partition coefficient (Wildman–Crippen LogP) is 2.38. The van der Waals surface area contributed by atoms with Crippen molar-refractivity contribution in [2.45, 2.75) is 59.3 Å². The Morgan fingerprint density at radius 3 is 1.24 bits per heavy atom. The second-order valence-electron chi connectivity index (χ2n) is 4.88. The van der Waals surface area contributed by atoms with Gasteiger partial charge in [-0.25, -0.2) is 0 Å². The van der Waals surface area contributed by atoms with Crippen LogP contribution in [0.25, 0.3) is 0 Å². The maximum atomic E-state index is 10.1. The quantitative estimate of drug-likeness (QED) is 0.478. The number of unbranched alkanes of at least 4 members (excludes halogenated alkanes) is 3. The number of aliphatic hydroxyl groups is 3. The minimum absolute atomic E-state index is 0. The molecule has 0 saturated carbocycles. The van der Waals surface area contributed by atoms with Crippen molar-refractivity contribution in [1.29, 1.82) is 0 Å². The van der Waals surface area contributed by atoms with Crippen molar-refractivity contribution < 1.29 is 51.1 Å².